The third kappa shape index (κ3) is 4.16. The fourth-order valence-electron chi connectivity index (χ4n) is 2.21. The van der Waals surface area contributed by atoms with Crippen molar-refractivity contribution < 1.29 is 4.79 Å². The van der Waals surface area contributed by atoms with Gasteiger partial charge in [-0.15, -0.1) is 0 Å². The molecule has 0 radical (unpaired) electrons. The van der Waals surface area contributed by atoms with Crippen molar-refractivity contribution in [1.29, 1.82) is 0 Å². The quantitative estimate of drug-likeness (QED) is 0.775. The summed E-state index contributed by atoms with van der Waals surface area (Å²) in [6.07, 6.45) is 5.99. The fourth-order valence-corrected chi connectivity index (χ4v) is 2.21. The minimum atomic E-state index is 0.109. The second kappa shape index (κ2) is 6.56. The first kappa shape index (κ1) is 13.1. The van der Waals surface area contributed by atoms with Crippen LogP contribution in [0.3, 0.4) is 0 Å². The predicted molar refractivity (Wildman–Crippen MR) is 71.1 cm³/mol. The van der Waals surface area contributed by atoms with Crippen LogP contribution in [0.5, 0.6) is 0 Å². The van der Waals surface area contributed by atoms with Gasteiger partial charge in [0.05, 0.1) is 6.54 Å². The van der Waals surface area contributed by atoms with Crippen molar-refractivity contribution in [2.24, 2.45) is 5.73 Å². The maximum Gasteiger partial charge on any atom is 0.234 e. The van der Waals surface area contributed by atoms with Gasteiger partial charge in [-0.1, -0.05) is 0 Å². The minimum absolute atomic E-state index is 0.109. The molecule has 2 heterocycles. The van der Waals surface area contributed by atoms with E-state index in [0.717, 1.165) is 32.5 Å². The maximum atomic E-state index is 11.7. The lowest BCUT2D eigenvalue weighted by Gasteiger charge is -2.29. The molecule has 1 aromatic rings. The van der Waals surface area contributed by atoms with E-state index in [9.17, 15) is 4.79 Å². The van der Waals surface area contributed by atoms with Crippen LogP contribution in [0.25, 0.3) is 0 Å². The number of carbonyl (C=O) groups is 1. The van der Waals surface area contributed by atoms with Crippen molar-refractivity contribution in [3.63, 3.8) is 0 Å². The van der Waals surface area contributed by atoms with Crippen LogP contribution in [0.4, 0.5) is 0 Å². The summed E-state index contributed by atoms with van der Waals surface area (Å²) in [6, 6.07) is 4.29. The zero-order chi connectivity index (χ0) is 12.8. The van der Waals surface area contributed by atoms with Gasteiger partial charge < -0.3 is 15.6 Å². The van der Waals surface area contributed by atoms with E-state index in [1.165, 1.54) is 0 Å². The summed E-state index contributed by atoms with van der Waals surface area (Å²) in [5.74, 6) is 0.109. The van der Waals surface area contributed by atoms with Crippen LogP contribution in [0, 0.1) is 0 Å². The molecular formula is C13H22N4O. The van der Waals surface area contributed by atoms with E-state index in [-0.39, 0.29) is 5.91 Å². The minimum Gasteiger partial charge on any atom is -0.353 e. The molecule has 0 spiro atoms. The number of hydrogen-bond acceptors (Lipinski definition) is 3. The molecule has 1 saturated heterocycles. The van der Waals surface area contributed by atoms with Gasteiger partial charge in [0.1, 0.15) is 0 Å². The molecule has 0 aromatic carbocycles. The van der Waals surface area contributed by atoms with Crippen molar-refractivity contribution in [3.8, 4) is 0 Å². The Morgan fingerprint density at radius 1 is 1.28 bits per heavy atom. The van der Waals surface area contributed by atoms with Gasteiger partial charge in [-0.2, -0.15) is 0 Å². The standard InChI is InChI=1S/C13H22N4O/c14-12-3-8-17(9-4-12)11-13(18)15-5-10-16-6-1-2-7-16/h1-2,6-7,12H,3-5,8-11,14H2,(H,15,18). The van der Waals surface area contributed by atoms with E-state index >= 15 is 0 Å². The molecule has 5 nitrogen and oxygen atoms in total. The average Bonchev–Trinajstić information content (AvgIpc) is 2.85. The molecule has 1 aliphatic heterocycles. The van der Waals surface area contributed by atoms with Gasteiger partial charge in [0.25, 0.3) is 0 Å². The Balaban J connectivity index is 1.60. The van der Waals surface area contributed by atoms with Crippen LogP contribution in [-0.4, -0.2) is 47.6 Å². The number of likely N-dealkylation sites (tertiary alicyclic amines) is 1. The largest absolute Gasteiger partial charge is 0.353 e. The number of hydrogen-bond donors (Lipinski definition) is 2. The zero-order valence-corrected chi connectivity index (χ0v) is 10.7. The van der Waals surface area contributed by atoms with Gasteiger partial charge in [0.15, 0.2) is 0 Å². The smallest absolute Gasteiger partial charge is 0.234 e. The number of piperidine rings is 1. The molecule has 1 fully saturated rings. The molecular weight excluding hydrogens is 228 g/mol. The molecule has 18 heavy (non-hydrogen) atoms. The highest BCUT2D eigenvalue weighted by atomic mass is 16.2. The van der Waals surface area contributed by atoms with Crippen LogP contribution in [-0.2, 0) is 11.3 Å². The zero-order valence-electron chi connectivity index (χ0n) is 10.7. The third-order valence-electron chi connectivity index (χ3n) is 3.36. The van der Waals surface area contributed by atoms with E-state index < -0.39 is 0 Å². The van der Waals surface area contributed by atoms with E-state index in [2.05, 4.69) is 14.8 Å². The summed E-state index contributed by atoms with van der Waals surface area (Å²) in [5.41, 5.74) is 5.83. The maximum absolute atomic E-state index is 11.7. The summed E-state index contributed by atoms with van der Waals surface area (Å²) in [5, 5.41) is 2.95. The lowest BCUT2D eigenvalue weighted by molar-refractivity contribution is -0.122. The van der Waals surface area contributed by atoms with E-state index in [0.29, 0.717) is 19.1 Å². The summed E-state index contributed by atoms with van der Waals surface area (Å²) < 4.78 is 2.06. The molecule has 0 saturated carbocycles. The van der Waals surface area contributed by atoms with Crippen LogP contribution < -0.4 is 11.1 Å². The molecule has 0 unspecified atom stereocenters. The molecule has 5 heteroatoms. The molecule has 3 N–H and O–H groups in total. The molecule has 2 rings (SSSR count). The van der Waals surface area contributed by atoms with Crippen molar-refractivity contribution >= 4 is 5.91 Å². The van der Waals surface area contributed by atoms with Gasteiger partial charge in [-0.3, -0.25) is 9.69 Å². The van der Waals surface area contributed by atoms with Crippen molar-refractivity contribution in [1.82, 2.24) is 14.8 Å². The van der Waals surface area contributed by atoms with Gasteiger partial charge in [-0.05, 0) is 25.0 Å². The second-order valence-corrected chi connectivity index (χ2v) is 4.88. The summed E-state index contributed by atoms with van der Waals surface area (Å²) in [4.78, 5) is 13.9. The Labute approximate surface area is 108 Å². The number of amides is 1. The predicted octanol–water partition coefficient (Wildman–Crippen LogP) is 0.0274. The Hall–Kier alpha value is -1.33. The monoisotopic (exact) mass is 250 g/mol. The van der Waals surface area contributed by atoms with Crippen LogP contribution >= 0.6 is 0 Å². The Morgan fingerprint density at radius 2 is 1.94 bits per heavy atom. The molecule has 100 valence electrons. The number of nitrogens with one attached hydrogen (secondary N) is 1. The number of rotatable bonds is 5. The van der Waals surface area contributed by atoms with E-state index in [1.807, 2.05) is 24.5 Å². The first-order valence-electron chi connectivity index (χ1n) is 6.59. The molecule has 0 bridgehead atoms. The summed E-state index contributed by atoms with van der Waals surface area (Å²) >= 11 is 0. The lowest BCUT2D eigenvalue weighted by Crippen LogP contribution is -2.44. The second-order valence-electron chi connectivity index (χ2n) is 4.88. The molecule has 0 aliphatic carbocycles. The van der Waals surface area contributed by atoms with E-state index in [4.69, 9.17) is 5.73 Å². The highest BCUT2D eigenvalue weighted by molar-refractivity contribution is 5.77. The van der Waals surface area contributed by atoms with Crippen molar-refractivity contribution in [2.45, 2.75) is 25.4 Å². The lowest BCUT2D eigenvalue weighted by atomic mass is 10.1. The van der Waals surface area contributed by atoms with E-state index in [1.54, 1.807) is 0 Å². The highest BCUT2D eigenvalue weighted by Crippen LogP contribution is 2.07. The number of aromatic nitrogens is 1. The van der Waals surface area contributed by atoms with Gasteiger partial charge >= 0.3 is 0 Å². The number of nitrogens with two attached hydrogens (primary N) is 1. The van der Waals surface area contributed by atoms with Crippen molar-refractivity contribution in [3.05, 3.63) is 24.5 Å². The third-order valence-corrected chi connectivity index (χ3v) is 3.36. The Morgan fingerprint density at radius 3 is 2.61 bits per heavy atom. The van der Waals surface area contributed by atoms with Crippen LogP contribution in [0.2, 0.25) is 0 Å². The number of carbonyl (C=O) groups excluding carboxylic acids is 1. The Kier molecular flexibility index (Phi) is 4.78. The molecule has 1 amide bonds. The van der Waals surface area contributed by atoms with Gasteiger partial charge in [0, 0.05) is 44.6 Å². The molecule has 1 aromatic heterocycles. The normalized spacial score (nSPS) is 17.8. The first-order chi connectivity index (χ1) is 8.74. The van der Waals surface area contributed by atoms with Gasteiger partial charge in [-0.25, -0.2) is 0 Å². The average molecular weight is 250 g/mol. The molecule has 1 aliphatic rings. The fraction of sp³-hybridized carbons (Fsp3) is 0.615. The Bertz CT molecular complexity index is 355. The summed E-state index contributed by atoms with van der Waals surface area (Å²) in [7, 11) is 0. The van der Waals surface area contributed by atoms with Gasteiger partial charge in [0.2, 0.25) is 5.91 Å². The van der Waals surface area contributed by atoms with Crippen molar-refractivity contribution in [2.75, 3.05) is 26.2 Å². The molecule has 0 atom stereocenters. The van der Waals surface area contributed by atoms with Crippen LogP contribution in [0.15, 0.2) is 24.5 Å². The highest BCUT2D eigenvalue weighted by Gasteiger charge is 2.17. The number of nitrogens with zero attached hydrogens (tertiary/aromatic N) is 2. The summed E-state index contributed by atoms with van der Waals surface area (Å²) in [6.45, 7) is 3.88. The topological polar surface area (TPSA) is 63.3 Å². The van der Waals surface area contributed by atoms with Crippen LogP contribution in [0.1, 0.15) is 12.8 Å². The SMILES string of the molecule is NC1CCN(CC(=O)NCCn2cccc2)CC1. The first-order valence-corrected chi connectivity index (χ1v) is 6.59.